The molecule has 164 valence electrons. The Labute approximate surface area is 174 Å². The van der Waals surface area contributed by atoms with Crippen molar-refractivity contribution in [2.24, 2.45) is 22.7 Å². The molecule has 4 fully saturated rings. The smallest absolute Gasteiger partial charge is 0.311 e. The molecule has 0 aromatic rings. The van der Waals surface area contributed by atoms with E-state index in [1.165, 1.54) is 6.92 Å². The Bertz CT molecular complexity index is 703. The van der Waals surface area contributed by atoms with E-state index in [0.29, 0.717) is 0 Å². The number of esters is 2. The zero-order valence-electron chi connectivity index (χ0n) is 18.7. The van der Waals surface area contributed by atoms with Gasteiger partial charge in [-0.25, -0.2) is 0 Å². The van der Waals surface area contributed by atoms with Gasteiger partial charge in [-0.3, -0.25) is 9.59 Å². The first-order chi connectivity index (χ1) is 13.5. The van der Waals surface area contributed by atoms with Crippen LogP contribution in [-0.4, -0.2) is 42.6 Å². The number of fused-ring (bicyclic) bond motifs is 2. The second-order valence-corrected chi connectivity index (χ2v) is 10.8. The molecule has 4 aliphatic rings. The van der Waals surface area contributed by atoms with Crippen molar-refractivity contribution in [3.8, 4) is 0 Å². The Morgan fingerprint density at radius 1 is 1.14 bits per heavy atom. The first-order valence-corrected chi connectivity index (χ1v) is 11.1. The van der Waals surface area contributed by atoms with Gasteiger partial charge in [-0.2, -0.15) is 0 Å². The summed E-state index contributed by atoms with van der Waals surface area (Å²) in [6.07, 6.45) is 5.18. The fourth-order valence-electron chi connectivity index (χ4n) is 7.80. The van der Waals surface area contributed by atoms with Gasteiger partial charge >= 0.3 is 11.9 Å². The number of ether oxygens (including phenoxy) is 4. The van der Waals surface area contributed by atoms with Gasteiger partial charge in [-0.05, 0) is 43.4 Å². The summed E-state index contributed by atoms with van der Waals surface area (Å²) in [6.45, 7) is 10.7. The highest BCUT2D eigenvalue weighted by Gasteiger charge is 2.72. The molecule has 2 saturated carbocycles. The van der Waals surface area contributed by atoms with E-state index in [-0.39, 0.29) is 52.7 Å². The Morgan fingerprint density at radius 3 is 2.52 bits per heavy atom. The molecule has 0 aromatic carbocycles. The van der Waals surface area contributed by atoms with Crippen LogP contribution in [0.15, 0.2) is 0 Å². The van der Waals surface area contributed by atoms with E-state index >= 15 is 0 Å². The van der Waals surface area contributed by atoms with Crippen LogP contribution in [-0.2, 0) is 28.5 Å². The van der Waals surface area contributed by atoms with Gasteiger partial charge in [0.25, 0.3) is 0 Å². The van der Waals surface area contributed by atoms with Gasteiger partial charge in [-0.1, -0.05) is 34.1 Å². The Hall–Kier alpha value is -1.14. The summed E-state index contributed by atoms with van der Waals surface area (Å²) in [6, 6.07) is 0. The molecule has 2 saturated heterocycles. The first kappa shape index (κ1) is 21.1. The van der Waals surface area contributed by atoms with Gasteiger partial charge in [0.15, 0.2) is 0 Å². The third-order valence-electron chi connectivity index (χ3n) is 8.71. The van der Waals surface area contributed by atoms with E-state index in [0.717, 1.165) is 38.5 Å². The van der Waals surface area contributed by atoms with Crippen molar-refractivity contribution in [3.05, 3.63) is 0 Å². The summed E-state index contributed by atoms with van der Waals surface area (Å²) in [5.74, 6) is -0.0478. The Balaban J connectivity index is 1.76. The van der Waals surface area contributed by atoms with Gasteiger partial charge in [0.05, 0.1) is 12.0 Å². The standard InChI is InChI=1S/C23H36O6/c1-14-12-16(27-15(2)24)18-20(3,4)8-7-9-21(18,5)23(14)11-10-22(29-23)13-17(25)28-19(22)26-6/h14,16,18-19H,7-13H2,1-6H3/t14-,16-,18+,19+,21+,22-,23-/m1/s1. The van der Waals surface area contributed by atoms with Crippen LogP contribution in [0.5, 0.6) is 0 Å². The number of methoxy groups -OCH3 is 1. The normalized spacial score (nSPS) is 48.6. The third-order valence-corrected chi connectivity index (χ3v) is 8.71. The van der Waals surface area contributed by atoms with Crippen molar-refractivity contribution < 1.29 is 28.5 Å². The number of hydrogen-bond donors (Lipinski definition) is 0. The quantitative estimate of drug-likeness (QED) is 0.643. The van der Waals surface area contributed by atoms with Gasteiger partial charge in [0.1, 0.15) is 11.7 Å². The number of cyclic esters (lactones) is 1. The summed E-state index contributed by atoms with van der Waals surface area (Å²) >= 11 is 0. The molecular weight excluding hydrogens is 372 g/mol. The highest BCUT2D eigenvalue weighted by Crippen LogP contribution is 2.69. The van der Waals surface area contributed by atoms with Crippen molar-refractivity contribution in [2.45, 2.75) is 103 Å². The minimum absolute atomic E-state index is 0.0437. The molecule has 7 atom stereocenters. The molecule has 29 heavy (non-hydrogen) atoms. The molecule has 2 heterocycles. The average Bonchev–Trinajstić information content (AvgIpc) is 3.13. The third kappa shape index (κ3) is 2.88. The van der Waals surface area contributed by atoms with Crippen LogP contribution in [0.25, 0.3) is 0 Å². The maximum Gasteiger partial charge on any atom is 0.311 e. The lowest BCUT2D eigenvalue weighted by Gasteiger charge is -2.65. The van der Waals surface area contributed by atoms with E-state index in [9.17, 15) is 9.59 Å². The summed E-state index contributed by atoms with van der Waals surface area (Å²) < 4.78 is 23.9. The number of rotatable bonds is 2. The second-order valence-electron chi connectivity index (χ2n) is 10.8. The molecule has 0 unspecified atom stereocenters. The van der Waals surface area contributed by atoms with E-state index in [1.54, 1.807) is 7.11 Å². The predicted octanol–water partition coefficient (Wildman–Crippen LogP) is 4.00. The van der Waals surface area contributed by atoms with Crippen molar-refractivity contribution in [3.63, 3.8) is 0 Å². The van der Waals surface area contributed by atoms with Gasteiger partial charge in [0, 0.05) is 25.4 Å². The molecule has 4 rings (SSSR count). The predicted molar refractivity (Wildman–Crippen MR) is 106 cm³/mol. The minimum Gasteiger partial charge on any atom is -0.462 e. The lowest BCUT2D eigenvalue weighted by atomic mass is 9.43. The van der Waals surface area contributed by atoms with Crippen molar-refractivity contribution in [1.29, 1.82) is 0 Å². The molecule has 6 nitrogen and oxygen atoms in total. The zero-order valence-corrected chi connectivity index (χ0v) is 18.7. The number of carbonyl (C=O) groups is 2. The highest BCUT2D eigenvalue weighted by atomic mass is 16.7. The maximum absolute atomic E-state index is 12.1. The van der Waals surface area contributed by atoms with Crippen LogP contribution in [0, 0.1) is 22.7 Å². The zero-order chi connectivity index (χ0) is 21.2. The molecule has 0 bridgehead atoms. The highest BCUT2D eigenvalue weighted by molar-refractivity contribution is 5.73. The van der Waals surface area contributed by atoms with Gasteiger partial charge in [-0.15, -0.1) is 0 Å². The molecule has 0 radical (unpaired) electrons. The van der Waals surface area contributed by atoms with Crippen LogP contribution < -0.4 is 0 Å². The summed E-state index contributed by atoms with van der Waals surface area (Å²) in [7, 11) is 1.58. The lowest BCUT2D eigenvalue weighted by molar-refractivity contribution is -0.293. The van der Waals surface area contributed by atoms with Gasteiger partial charge in [0.2, 0.25) is 6.29 Å². The monoisotopic (exact) mass is 408 g/mol. The molecule has 0 N–H and O–H groups in total. The number of carbonyl (C=O) groups excluding carboxylic acids is 2. The van der Waals surface area contributed by atoms with Crippen molar-refractivity contribution in [2.75, 3.05) is 7.11 Å². The van der Waals surface area contributed by atoms with Gasteiger partial charge < -0.3 is 18.9 Å². The summed E-state index contributed by atoms with van der Waals surface area (Å²) in [5.41, 5.74) is -1.19. The van der Waals surface area contributed by atoms with E-state index in [4.69, 9.17) is 18.9 Å². The average molecular weight is 409 g/mol. The molecule has 0 amide bonds. The minimum atomic E-state index is -0.705. The van der Waals surface area contributed by atoms with E-state index < -0.39 is 11.9 Å². The van der Waals surface area contributed by atoms with Crippen LogP contribution >= 0.6 is 0 Å². The Kier molecular flexibility index (Phi) is 4.86. The molecule has 2 aliphatic heterocycles. The van der Waals surface area contributed by atoms with Crippen LogP contribution in [0.3, 0.4) is 0 Å². The SMILES string of the molecule is CO[C@H]1OC(=O)C[C@]12CC[C@@]1(O2)[C@H](C)C[C@@H](OC(C)=O)[C@H]2C(C)(C)CCC[C@@]21C. The van der Waals surface area contributed by atoms with Crippen molar-refractivity contribution >= 4 is 11.9 Å². The molecule has 2 aliphatic carbocycles. The number of hydrogen-bond acceptors (Lipinski definition) is 6. The summed E-state index contributed by atoms with van der Waals surface area (Å²) in [4.78, 5) is 24.0. The molecule has 6 heteroatoms. The van der Waals surface area contributed by atoms with E-state index in [2.05, 4.69) is 27.7 Å². The largest absolute Gasteiger partial charge is 0.462 e. The fourth-order valence-corrected chi connectivity index (χ4v) is 7.80. The van der Waals surface area contributed by atoms with Crippen molar-refractivity contribution in [1.82, 2.24) is 0 Å². The maximum atomic E-state index is 12.1. The fraction of sp³-hybridized carbons (Fsp3) is 0.913. The summed E-state index contributed by atoms with van der Waals surface area (Å²) in [5, 5.41) is 0. The first-order valence-electron chi connectivity index (χ1n) is 11.1. The van der Waals surface area contributed by atoms with Crippen LogP contribution in [0.2, 0.25) is 0 Å². The van der Waals surface area contributed by atoms with E-state index in [1.807, 2.05) is 0 Å². The lowest BCUT2D eigenvalue weighted by Crippen LogP contribution is -2.67. The second kappa shape index (κ2) is 6.68. The molecule has 2 spiro atoms. The molecule has 0 aromatic heterocycles. The molecular formula is C23H36O6. The van der Waals surface area contributed by atoms with Crippen LogP contribution in [0.1, 0.15) is 79.6 Å². The Morgan fingerprint density at radius 2 is 1.86 bits per heavy atom. The topological polar surface area (TPSA) is 71.1 Å². The van der Waals surface area contributed by atoms with Crippen LogP contribution in [0.4, 0.5) is 0 Å².